The maximum Gasteiger partial charge on any atom is 0.123 e. The van der Waals surface area contributed by atoms with Crippen molar-refractivity contribution in [2.45, 2.75) is 19.3 Å². The second kappa shape index (κ2) is 5.39. The molecule has 0 aromatic rings. The Hall–Kier alpha value is 0.250. The molecule has 0 amide bonds. The van der Waals surface area contributed by atoms with Gasteiger partial charge >= 0.3 is 0 Å². The van der Waals surface area contributed by atoms with Crippen LogP contribution in [0.2, 0.25) is 0 Å². The van der Waals surface area contributed by atoms with E-state index in [1.165, 1.54) is 6.42 Å². The van der Waals surface area contributed by atoms with Crippen molar-refractivity contribution in [3.63, 3.8) is 0 Å². The molecule has 8 heavy (non-hydrogen) atoms. The Bertz CT molecular complexity index is 61.4. The molecule has 0 aromatic carbocycles. The normalized spacial score (nSPS) is 17.0. The van der Waals surface area contributed by atoms with Crippen molar-refractivity contribution in [2.24, 2.45) is 5.92 Å². The van der Waals surface area contributed by atoms with Gasteiger partial charge in [0.2, 0.25) is 0 Å². The summed E-state index contributed by atoms with van der Waals surface area (Å²) in [5.41, 5.74) is 0. The smallest absolute Gasteiger partial charge is 0.123 e. The third kappa shape index (κ3) is 2.53. The molecule has 1 aliphatic carbocycles. The highest BCUT2D eigenvalue weighted by molar-refractivity contribution is 5.85. The highest BCUT2D eigenvalue weighted by Crippen LogP contribution is 2.23. The summed E-state index contributed by atoms with van der Waals surface area (Å²) < 4.78 is 0. The van der Waals surface area contributed by atoms with Gasteiger partial charge in [-0.2, -0.15) is 0 Å². The van der Waals surface area contributed by atoms with Gasteiger partial charge in [0.1, 0.15) is 6.29 Å². The summed E-state index contributed by atoms with van der Waals surface area (Å²) >= 11 is 0. The molecule has 0 saturated heterocycles. The van der Waals surface area contributed by atoms with Crippen LogP contribution in [-0.2, 0) is 4.79 Å². The van der Waals surface area contributed by atoms with Gasteiger partial charge in [-0.15, -0.1) is 24.8 Å². The van der Waals surface area contributed by atoms with Gasteiger partial charge < -0.3 is 4.79 Å². The highest BCUT2D eigenvalue weighted by Gasteiger charge is 2.14. The van der Waals surface area contributed by atoms with Gasteiger partial charge in [0.05, 0.1) is 0 Å². The van der Waals surface area contributed by atoms with E-state index in [4.69, 9.17) is 0 Å². The van der Waals surface area contributed by atoms with E-state index in [0.29, 0.717) is 5.92 Å². The van der Waals surface area contributed by atoms with Crippen LogP contribution in [0.25, 0.3) is 0 Å². The molecule has 1 saturated carbocycles. The minimum atomic E-state index is 0. The van der Waals surface area contributed by atoms with E-state index in [2.05, 4.69) is 0 Å². The molecule has 50 valence electrons. The first-order valence-electron chi connectivity index (χ1n) is 2.39. The van der Waals surface area contributed by atoms with Crippen LogP contribution in [0.1, 0.15) is 19.3 Å². The Morgan fingerprint density at radius 1 is 1.25 bits per heavy atom. The largest absolute Gasteiger partial charge is 0.303 e. The number of rotatable bonds is 1. The maximum atomic E-state index is 9.79. The maximum absolute atomic E-state index is 9.79. The van der Waals surface area contributed by atoms with Crippen molar-refractivity contribution in [2.75, 3.05) is 0 Å². The molecule has 1 fully saturated rings. The fraction of sp³-hybridized carbons (Fsp3) is 0.800. The number of carbonyl (C=O) groups excluding carboxylic acids is 1. The number of hydrogen-bond acceptors (Lipinski definition) is 1. The van der Waals surface area contributed by atoms with Crippen molar-refractivity contribution >= 4 is 31.1 Å². The summed E-state index contributed by atoms with van der Waals surface area (Å²) in [5, 5.41) is 0. The second-order valence-electron chi connectivity index (χ2n) is 1.83. The highest BCUT2D eigenvalue weighted by atomic mass is 35.5. The zero-order chi connectivity index (χ0) is 4.41. The Kier molecular flexibility index (Phi) is 7.48. The molecule has 0 unspecified atom stereocenters. The van der Waals surface area contributed by atoms with Crippen LogP contribution in [0.15, 0.2) is 0 Å². The van der Waals surface area contributed by atoms with Crippen LogP contribution in [-0.4, -0.2) is 6.29 Å². The van der Waals surface area contributed by atoms with Crippen LogP contribution < -0.4 is 0 Å². The molecule has 3 heteroatoms. The standard InChI is InChI=1S/C5H8O.2ClH/c6-4-5-2-1-3-5;;/h4-5H,1-3H2;2*1H. The van der Waals surface area contributed by atoms with E-state index in [1.54, 1.807) is 0 Å². The van der Waals surface area contributed by atoms with Crippen molar-refractivity contribution in [1.82, 2.24) is 0 Å². The Morgan fingerprint density at radius 3 is 1.75 bits per heavy atom. The van der Waals surface area contributed by atoms with Gasteiger partial charge in [0.25, 0.3) is 0 Å². The third-order valence-electron chi connectivity index (χ3n) is 1.34. The van der Waals surface area contributed by atoms with Crippen LogP contribution in [0.4, 0.5) is 0 Å². The molecule has 0 N–H and O–H groups in total. The van der Waals surface area contributed by atoms with Gasteiger partial charge in [-0.1, -0.05) is 6.42 Å². The molecule has 0 spiro atoms. The van der Waals surface area contributed by atoms with E-state index < -0.39 is 0 Å². The van der Waals surface area contributed by atoms with Gasteiger partial charge in [-0.05, 0) is 12.8 Å². The van der Waals surface area contributed by atoms with Crippen LogP contribution in [0.5, 0.6) is 0 Å². The second-order valence-corrected chi connectivity index (χ2v) is 1.83. The van der Waals surface area contributed by atoms with Crippen molar-refractivity contribution < 1.29 is 4.79 Å². The first-order valence-corrected chi connectivity index (χ1v) is 2.39. The Labute approximate surface area is 61.7 Å². The van der Waals surface area contributed by atoms with Crippen molar-refractivity contribution in [1.29, 1.82) is 0 Å². The molecule has 0 atom stereocenters. The summed E-state index contributed by atoms with van der Waals surface area (Å²) in [6.45, 7) is 0. The van der Waals surface area contributed by atoms with Crippen LogP contribution in [0, 0.1) is 5.92 Å². The summed E-state index contributed by atoms with van der Waals surface area (Å²) in [6, 6.07) is 0. The minimum absolute atomic E-state index is 0. The predicted molar refractivity (Wildman–Crippen MR) is 37.9 cm³/mol. The lowest BCUT2D eigenvalue weighted by Crippen LogP contribution is -2.10. The number of hydrogen-bond donors (Lipinski definition) is 0. The lowest BCUT2D eigenvalue weighted by molar-refractivity contribution is -0.113. The van der Waals surface area contributed by atoms with Crippen LogP contribution in [0.3, 0.4) is 0 Å². The molecule has 0 aromatic heterocycles. The summed E-state index contributed by atoms with van der Waals surface area (Å²) in [4.78, 5) is 9.79. The first-order chi connectivity index (χ1) is 2.93. The fourth-order valence-electron chi connectivity index (χ4n) is 0.576. The minimum Gasteiger partial charge on any atom is -0.303 e. The number of carbonyl (C=O) groups is 1. The first kappa shape index (κ1) is 11.1. The molecule has 1 aliphatic rings. The fourth-order valence-corrected chi connectivity index (χ4v) is 0.576. The van der Waals surface area contributed by atoms with E-state index in [0.717, 1.165) is 19.1 Å². The number of halogens is 2. The van der Waals surface area contributed by atoms with Crippen molar-refractivity contribution in [3.05, 3.63) is 0 Å². The lowest BCUT2D eigenvalue weighted by Gasteiger charge is -2.17. The molecule has 0 radical (unpaired) electrons. The molecular formula is C5H10Cl2O. The average Bonchev–Trinajstić information content (AvgIpc) is 1.31. The molecule has 1 rings (SSSR count). The topological polar surface area (TPSA) is 17.1 Å². The lowest BCUT2D eigenvalue weighted by atomic mass is 9.87. The van der Waals surface area contributed by atoms with E-state index in [9.17, 15) is 4.79 Å². The monoisotopic (exact) mass is 156 g/mol. The average molecular weight is 157 g/mol. The molecule has 1 nitrogen and oxygen atoms in total. The van der Waals surface area contributed by atoms with Gasteiger partial charge in [0, 0.05) is 5.92 Å². The molecule has 0 bridgehead atoms. The molecular weight excluding hydrogens is 147 g/mol. The number of aldehydes is 1. The zero-order valence-corrected chi connectivity index (χ0v) is 6.13. The molecule has 0 aliphatic heterocycles. The van der Waals surface area contributed by atoms with Gasteiger partial charge in [-0.25, -0.2) is 0 Å². The quantitative estimate of drug-likeness (QED) is 0.530. The van der Waals surface area contributed by atoms with E-state index in [-0.39, 0.29) is 24.8 Å². The van der Waals surface area contributed by atoms with Crippen molar-refractivity contribution in [3.8, 4) is 0 Å². The third-order valence-corrected chi connectivity index (χ3v) is 1.34. The summed E-state index contributed by atoms with van der Waals surface area (Å²) in [7, 11) is 0. The summed E-state index contributed by atoms with van der Waals surface area (Å²) in [5.74, 6) is 0.435. The zero-order valence-electron chi connectivity index (χ0n) is 4.50. The Morgan fingerprint density at radius 2 is 1.75 bits per heavy atom. The molecule has 0 heterocycles. The van der Waals surface area contributed by atoms with Crippen LogP contribution >= 0.6 is 24.8 Å². The Balaban J connectivity index is 0. The van der Waals surface area contributed by atoms with E-state index >= 15 is 0 Å². The van der Waals surface area contributed by atoms with Gasteiger partial charge in [0.15, 0.2) is 0 Å². The predicted octanol–water partition coefficient (Wildman–Crippen LogP) is 1.83. The van der Waals surface area contributed by atoms with E-state index in [1.807, 2.05) is 0 Å². The van der Waals surface area contributed by atoms with Gasteiger partial charge in [-0.3, -0.25) is 0 Å². The summed E-state index contributed by atoms with van der Waals surface area (Å²) in [6.07, 6.45) is 4.61. The SMILES string of the molecule is Cl.Cl.O=CC1CCC1.